The highest BCUT2D eigenvalue weighted by Gasteiger charge is 2.26. The highest BCUT2D eigenvalue weighted by molar-refractivity contribution is 7.99. The van der Waals surface area contributed by atoms with Gasteiger partial charge >= 0.3 is 11.7 Å². The normalized spacial score (nSPS) is 19.4. The molecule has 0 spiro atoms. The molecule has 0 saturated heterocycles. The van der Waals surface area contributed by atoms with E-state index in [1.807, 2.05) is 0 Å². The lowest BCUT2D eigenvalue weighted by Gasteiger charge is -2.12. The number of rotatable bonds is 1. The van der Waals surface area contributed by atoms with Gasteiger partial charge in [-0.25, -0.2) is 4.79 Å². The first-order valence-electron chi connectivity index (χ1n) is 5.67. The van der Waals surface area contributed by atoms with Gasteiger partial charge in [0.05, 0.1) is 11.4 Å². The molecule has 1 atom stereocenters. The van der Waals surface area contributed by atoms with Crippen LogP contribution in [0.5, 0.6) is 0 Å². The third-order valence-electron chi connectivity index (χ3n) is 3.12. The fourth-order valence-corrected chi connectivity index (χ4v) is 3.36. The second-order valence-electron chi connectivity index (χ2n) is 4.28. The highest BCUT2D eigenvalue weighted by atomic mass is 32.2. The summed E-state index contributed by atoms with van der Waals surface area (Å²) >= 11 is 1.62. The number of aromatic nitrogens is 1. The molecule has 0 bridgehead atoms. The van der Waals surface area contributed by atoms with Crippen LogP contribution in [0, 0.1) is 0 Å². The Bertz CT molecular complexity index is 672. The van der Waals surface area contributed by atoms with Crippen LogP contribution < -0.4 is 5.76 Å². The van der Waals surface area contributed by atoms with Crippen LogP contribution >= 0.6 is 11.8 Å². The number of thioether (sulfide) groups is 1. The Balaban J connectivity index is 2.23. The van der Waals surface area contributed by atoms with Crippen LogP contribution in [0.1, 0.15) is 24.3 Å². The molecule has 0 fully saturated rings. The van der Waals surface area contributed by atoms with Crippen molar-refractivity contribution in [3.05, 3.63) is 28.2 Å². The lowest BCUT2D eigenvalue weighted by atomic mass is 9.94. The van der Waals surface area contributed by atoms with E-state index < -0.39 is 17.6 Å². The van der Waals surface area contributed by atoms with Crippen LogP contribution in [-0.2, 0) is 4.79 Å². The van der Waals surface area contributed by atoms with Crippen LogP contribution in [0.15, 0.2) is 26.2 Å². The van der Waals surface area contributed by atoms with Gasteiger partial charge in [-0.05, 0) is 36.3 Å². The molecule has 2 aromatic rings. The van der Waals surface area contributed by atoms with E-state index in [9.17, 15) is 14.7 Å². The van der Waals surface area contributed by atoms with Gasteiger partial charge in [-0.2, -0.15) is 0 Å². The Morgan fingerprint density at radius 3 is 3.11 bits per heavy atom. The number of hydrogen-bond acceptors (Lipinski definition) is 4. The molecular formula is C12H11NO4S. The summed E-state index contributed by atoms with van der Waals surface area (Å²) in [6.07, 6.45) is 1.50. The van der Waals surface area contributed by atoms with E-state index >= 15 is 0 Å². The van der Waals surface area contributed by atoms with Gasteiger partial charge < -0.3 is 9.52 Å². The summed E-state index contributed by atoms with van der Waals surface area (Å²) in [6, 6.07) is 3.49. The predicted octanol–water partition coefficient (Wildman–Crippen LogP) is 2.18. The summed E-state index contributed by atoms with van der Waals surface area (Å²) in [6.45, 7) is 0. The summed E-state index contributed by atoms with van der Waals surface area (Å²) in [5.41, 5.74) is 1.82. The Hall–Kier alpha value is -1.69. The quantitative estimate of drug-likeness (QED) is 0.825. The number of carboxylic acid groups (broad SMARTS) is 1. The van der Waals surface area contributed by atoms with Crippen LogP contribution in [0.3, 0.4) is 0 Å². The largest absolute Gasteiger partial charge is 0.481 e. The number of carboxylic acids is 1. The van der Waals surface area contributed by atoms with Gasteiger partial charge in [-0.15, -0.1) is 11.8 Å². The molecule has 94 valence electrons. The van der Waals surface area contributed by atoms with Crippen molar-refractivity contribution in [1.29, 1.82) is 0 Å². The van der Waals surface area contributed by atoms with Gasteiger partial charge in [0.25, 0.3) is 0 Å². The second kappa shape index (κ2) is 4.20. The third-order valence-corrected chi connectivity index (χ3v) is 4.28. The summed E-state index contributed by atoms with van der Waals surface area (Å²) in [5, 5.41) is 9.28. The molecule has 6 heteroatoms. The van der Waals surface area contributed by atoms with Crippen LogP contribution in [0.2, 0.25) is 0 Å². The van der Waals surface area contributed by atoms with Crippen molar-refractivity contribution in [3.8, 4) is 0 Å². The molecule has 5 nitrogen and oxygen atoms in total. The average Bonchev–Trinajstić information content (AvgIpc) is 2.54. The third kappa shape index (κ3) is 1.82. The topological polar surface area (TPSA) is 83.3 Å². The van der Waals surface area contributed by atoms with Gasteiger partial charge in [-0.1, -0.05) is 0 Å². The Kier molecular flexibility index (Phi) is 2.66. The number of carbonyl (C=O) groups is 1. The van der Waals surface area contributed by atoms with Crippen molar-refractivity contribution in [2.45, 2.75) is 23.7 Å². The zero-order valence-corrected chi connectivity index (χ0v) is 10.3. The first kappa shape index (κ1) is 11.4. The second-order valence-corrected chi connectivity index (χ2v) is 5.42. The summed E-state index contributed by atoms with van der Waals surface area (Å²) in [4.78, 5) is 25.9. The molecule has 2 N–H and O–H groups in total. The van der Waals surface area contributed by atoms with Crippen molar-refractivity contribution in [3.63, 3.8) is 0 Å². The Morgan fingerprint density at radius 1 is 1.50 bits per heavy atom. The number of hydrogen-bond donors (Lipinski definition) is 2. The zero-order chi connectivity index (χ0) is 12.7. The SMILES string of the molecule is O=C(O)C1CCCSc2cc3oc(=O)[nH]c3cc21. The Labute approximate surface area is 106 Å². The molecule has 0 radical (unpaired) electrons. The van der Waals surface area contributed by atoms with E-state index in [1.165, 1.54) is 0 Å². The monoisotopic (exact) mass is 265 g/mol. The van der Waals surface area contributed by atoms with Crippen LogP contribution in [-0.4, -0.2) is 21.8 Å². The highest BCUT2D eigenvalue weighted by Crippen LogP contribution is 2.38. The molecule has 1 aromatic carbocycles. The van der Waals surface area contributed by atoms with Gasteiger partial charge in [0, 0.05) is 4.90 Å². The molecule has 2 heterocycles. The van der Waals surface area contributed by atoms with E-state index in [0.717, 1.165) is 22.6 Å². The number of nitrogens with one attached hydrogen (secondary N) is 1. The van der Waals surface area contributed by atoms with Crippen molar-refractivity contribution in [2.24, 2.45) is 0 Å². The molecule has 0 amide bonds. The van der Waals surface area contributed by atoms with Gasteiger partial charge in [0.2, 0.25) is 0 Å². The summed E-state index contributed by atoms with van der Waals surface area (Å²) < 4.78 is 5.00. The van der Waals surface area contributed by atoms with Gasteiger partial charge in [0.15, 0.2) is 5.58 Å². The summed E-state index contributed by atoms with van der Waals surface area (Å²) in [5.74, 6) is -0.944. The molecule has 1 aliphatic rings. The lowest BCUT2D eigenvalue weighted by molar-refractivity contribution is -0.139. The van der Waals surface area contributed by atoms with Crippen LogP contribution in [0.4, 0.5) is 0 Å². The molecule has 1 aliphatic heterocycles. The molecule has 0 aliphatic carbocycles. The number of H-pyrrole nitrogens is 1. The number of aliphatic carboxylic acids is 1. The minimum absolute atomic E-state index is 0.484. The fraction of sp³-hybridized carbons (Fsp3) is 0.333. The van der Waals surface area contributed by atoms with E-state index in [0.29, 0.717) is 17.5 Å². The predicted molar refractivity (Wildman–Crippen MR) is 67.2 cm³/mol. The number of fused-ring (bicyclic) bond motifs is 2. The molecule has 0 saturated carbocycles. The molecule has 3 rings (SSSR count). The first-order valence-corrected chi connectivity index (χ1v) is 6.66. The minimum atomic E-state index is -0.816. The van der Waals surface area contributed by atoms with Crippen molar-refractivity contribution >= 4 is 28.8 Å². The average molecular weight is 265 g/mol. The van der Waals surface area contributed by atoms with Gasteiger partial charge in [0.1, 0.15) is 0 Å². The van der Waals surface area contributed by atoms with E-state index in [4.69, 9.17) is 4.42 Å². The number of oxazole rings is 1. The number of aromatic amines is 1. The molecular weight excluding hydrogens is 254 g/mol. The van der Waals surface area contributed by atoms with Crippen molar-refractivity contribution in [1.82, 2.24) is 4.98 Å². The standard InChI is InChI=1S/C12H11NO4S/c14-11(15)6-2-1-3-18-10-5-9-8(4-7(6)10)13-12(16)17-9/h4-6H,1-3H2,(H,13,16)(H,14,15). The fourth-order valence-electron chi connectivity index (χ4n) is 2.27. The molecule has 18 heavy (non-hydrogen) atoms. The molecule has 1 unspecified atom stereocenters. The van der Waals surface area contributed by atoms with Gasteiger partial charge in [-0.3, -0.25) is 9.78 Å². The van der Waals surface area contributed by atoms with Crippen molar-refractivity contribution in [2.75, 3.05) is 5.75 Å². The maximum atomic E-state index is 11.3. The zero-order valence-electron chi connectivity index (χ0n) is 9.43. The maximum Gasteiger partial charge on any atom is 0.417 e. The van der Waals surface area contributed by atoms with E-state index in [2.05, 4.69) is 4.98 Å². The maximum absolute atomic E-state index is 11.3. The first-order chi connectivity index (χ1) is 8.65. The minimum Gasteiger partial charge on any atom is -0.481 e. The smallest absolute Gasteiger partial charge is 0.417 e. The van der Waals surface area contributed by atoms with Crippen LogP contribution in [0.25, 0.3) is 11.1 Å². The lowest BCUT2D eigenvalue weighted by Crippen LogP contribution is -2.11. The summed E-state index contributed by atoms with van der Waals surface area (Å²) in [7, 11) is 0. The Morgan fingerprint density at radius 2 is 2.33 bits per heavy atom. The molecule has 1 aromatic heterocycles. The van der Waals surface area contributed by atoms with E-state index in [1.54, 1.807) is 23.9 Å². The van der Waals surface area contributed by atoms with E-state index in [-0.39, 0.29) is 0 Å². The van der Waals surface area contributed by atoms with Crippen molar-refractivity contribution < 1.29 is 14.3 Å². The number of benzene rings is 1.